The molecular weight excluding hydrogens is 326 g/mol. The Morgan fingerprint density at radius 1 is 1.20 bits per heavy atom. The number of nitrogens with zero attached hydrogens (tertiary/aromatic N) is 2. The number of benzene rings is 1. The van der Waals surface area contributed by atoms with Gasteiger partial charge in [-0.1, -0.05) is 12.1 Å². The van der Waals surface area contributed by atoms with Gasteiger partial charge in [0, 0.05) is 25.5 Å². The van der Waals surface area contributed by atoms with Crippen LogP contribution in [0.2, 0.25) is 0 Å². The first-order chi connectivity index (χ1) is 12.0. The Hall–Kier alpha value is -2.34. The molecule has 1 aromatic carbocycles. The molecule has 2 rings (SSSR count). The maximum atomic E-state index is 13.8. The average Bonchev–Trinajstić information content (AvgIpc) is 2.62. The molecule has 0 saturated heterocycles. The Balaban J connectivity index is 2.49. The number of rotatable bonds is 7. The molecule has 1 aromatic heterocycles. The third-order valence-corrected chi connectivity index (χ3v) is 3.96. The van der Waals surface area contributed by atoms with E-state index in [9.17, 15) is 13.6 Å². The molecule has 0 radical (unpaired) electrons. The third kappa shape index (κ3) is 4.39. The molecule has 6 heteroatoms. The van der Waals surface area contributed by atoms with Crippen molar-refractivity contribution in [2.75, 3.05) is 13.2 Å². The summed E-state index contributed by atoms with van der Waals surface area (Å²) >= 11 is 0. The van der Waals surface area contributed by atoms with Gasteiger partial charge in [-0.2, -0.15) is 0 Å². The molecule has 0 unspecified atom stereocenters. The van der Waals surface area contributed by atoms with Gasteiger partial charge >= 0.3 is 0 Å². The van der Waals surface area contributed by atoms with Crippen LogP contribution in [0, 0.1) is 11.6 Å². The fraction of sp³-hybridized carbons (Fsp3) is 0.368. The van der Waals surface area contributed by atoms with Crippen LogP contribution in [-0.4, -0.2) is 35.0 Å². The highest BCUT2D eigenvalue weighted by Crippen LogP contribution is 2.30. The number of ether oxygens (including phenoxy) is 1. The number of likely N-dealkylation sites (N-methyl/N-ethyl adjacent to an activating group) is 1. The van der Waals surface area contributed by atoms with Gasteiger partial charge in [-0.05, 0) is 50.1 Å². The van der Waals surface area contributed by atoms with E-state index in [1.807, 2.05) is 13.8 Å². The van der Waals surface area contributed by atoms with Crippen molar-refractivity contribution >= 4 is 5.91 Å². The minimum Gasteiger partial charge on any atom is -0.369 e. The quantitative estimate of drug-likeness (QED) is 0.766. The fourth-order valence-electron chi connectivity index (χ4n) is 2.79. The van der Waals surface area contributed by atoms with Gasteiger partial charge in [0.25, 0.3) is 5.91 Å². The van der Waals surface area contributed by atoms with E-state index in [0.717, 1.165) is 12.1 Å². The van der Waals surface area contributed by atoms with Gasteiger partial charge in [-0.25, -0.2) is 8.78 Å². The van der Waals surface area contributed by atoms with Crippen LogP contribution in [0.15, 0.2) is 42.7 Å². The highest BCUT2D eigenvalue weighted by atomic mass is 19.2. The summed E-state index contributed by atoms with van der Waals surface area (Å²) < 4.78 is 32.5. The largest absolute Gasteiger partial charge is 0.369 e. The number of hydrogen-bond donors (Lipinski definition) is 0. The third-order valence-electron chi connectivity index (χ3n) is 3.96. The molecule has 1 heterocycles. The summed E-state index contributed by atoms with van der Waals surface area (Å²) in [5.74, 6) is -2.10. The van der Waals surface area contributed by atoms with Gasteiger partial charge in [0.05, 0.1) is 6.04 Å². The van der Waals surface area contributed by atoms with Crippen molar-refractivity contribution in [1.29, 1.82) is 0 Å². The highest BCUT2D eigenvalue weighted by Gasteiger charge is 2.29. The molecule has 0 aliphatic heterocycles. The fourth-order valence-corrected chi connectivity index (χ4v) is 2.79. The van der Waals surface area contributed by atoms with Gasteiger partial charge in [0.15, 0.2) is 11.6 Å². The van der Waals surface area contributed by atoms with Crippen molar-refractivity contribution in [3.8, 4) is 0 Å². The lowest BCUT2D eigenvalue weighted by Crippen LogP contribution is -2.42. The van der Waals surface area contributed by atoms with E-state index in [1.165, 1.54) is 6.07 Å². The maximum absolute atomic E-state index is 13.8. The molecule has 1 amide bonds. The van der Waals surface area contributed by atoms with Crippen molar-refractivity contribution in [1.82, 2.24) is 9.88 Å². The van der Waals surface area contributed by atoms with Crippen molar-refractivity contribution in [3.05, 3.63) is 65.5 Å². The van der Waals surface area contributed by atoms with E-state index in [-0.39, 0.29) is 5.91 Å². The summed E-state index contributed by atoms with van der Waals surface area (Å²) in [6.45, 7) is 6.12. The molecule has 0 aliphatic carbocycles. The van der Waals surface area contributed by atoms with E-state index in [1.54, 1.807) is 36.4 Å². The van der Waals surface area contributed by atoms with Crippen LogP contribution in [-0.2, 0) is 9.53 Å². The summed E-state index contributed by atoms with van der Waals surface area (Å²) in [4.78, 5) is 18.5. The topological polar surface area (TPSA) is 42.4 Å². The van der Waals surface area contributed by atoms with Crippen LogP contribution in [0.1, 0.15) is 37.9 Å². The second kappa shape index (κ2) is 8.67. The number of carbonyl (C=O) groups is 1. The molecule has 2 atom stereocenters. The van der Waals surface area contributed by atoms with Crippen LogP contribution in [0.5, 0.6) is 0 Å². The number of pyridine rings is 1. The van der Waals surface area contributed by atoms with Crippen LogP contribution in [0.25, 0.3) is 0 Å². The van der Waals surface area contributed by atoms with Gasteiger partial charge in [-0.15, -0.1) is 0 Å². The first kappa shape index (κ1) is 19.0. The Labute approximate surface area is 146 Å². The average molecular weight is 348 g/mol. The minimum absolute atomic E-state index is 0.220. The van der Waals surface area contributed by atoms with Crippen molar-refractivity contribution < 1.29 is 18.3 Å². The number of carbonyl (C=O) groups excluding carboxylic acids is 1. The number of halogens is 2. The van der Waals surface area contributed by atoms with Crippen LogP contribution in [0.3, 0.4) is 0 Å². The number of hydrogen-bond acceptors (Lipinski definition) is 3. The summed E-state index contributed by atoms with van der Waals surface area (Å²) in [6.07, 6.45) is 2.61. The summed E-state index contributed by atoms with van der Waals surface area (Å²) in [5, 5.41) is 0. The zero-order valence-corrected chi connectivity index (χ0v) is 14.6. The van der Waals surface area contributed by atoms with E-state index in [4.69, 9.17) is 4.74 Å². The second-order valence-corrected chi connectivity index (χ2v) is 5.58. The van der Waals surface area contributed by atoms with E-state index >= 15 is 0 Å². The van der Waals surface area contributed by atoms with Gasteiger partial charge < -0.3 is 9.64 Å². The lowest BCUT2D eigenvalue weighted by atomic mass is 9.97. The monoisotopic (exact) mass is 348 g/mol. The molecule has 2 aromatic rings. The zero-order chi connectivity index (χ0) is 18.4. The molecule has 0 saturated carbocycles. The van der Waals surface area contributed by atoms with Crippen molar-refractivity contribution in [3.63, 3.8) is 0 Å². The Morgan fingerprint density at radius 2 is 1.96 bits per heavy atom. The van der Waals surface area contributed by atoms with Crippen molar-refractivity contribution in [2.24, 2.45) is 0 Å². The molecule has 25 heavy (non-hydrogen) atoms. The smallest absolute Gasteiger partial charge is 0.252 e. The molecule has 4 nitrogen and oxygen atoms in total. The summed E-state index contributed by atoms with van der Waals surface area (Å²) in [6, 6.07) is 6.64. The van der Waals surface area contributed by atoms with Crippen LogP contribution in [0.4, 0.5) is 8.78 Å². The Morgan fingerprint density at radius 3 is 2.52 bits per heavy atom. The van der Waals surface area contributed by atoms with Crippen LogP contribution >= 0.6 is 0 Å². The lowest BCUT2D eigenvalue weighted by molar-refractivity contribution is -0.144. The molecule has 0 fully saturated rings. The normalized spacial score (nSPS) is 13.3. The lowest BCUT2D eigenvalue weighted by Gasteiger charge is -2.33. The molecule has 0 N–H and O–H groups in total. The molecular formula is C19H22F2N2O2. The number of amides is 1. The van der Waals surface area contributed by atoms with Crippen LogP contribution < -0.4 is 0 Å². The highest BCUT2D eigenvalue weighted by molar-refractivity contribution is 5.81. The molecule has 134 valence electrons. The SMILES string of the molecule is CCO[C@@H](C)C(=O)N(CC)[C@H](c1cccnc1)c1ccc(F)c(F)c1. The predicted octanol–water partition coefficient (Wildman–Crippen LogP) is 3.72. The number of aromatic nitrogens is 1. The Bertz CT molecular complexity index is 710. The van der Waals surface area contributed by atoms with E-state index in [2.05, 4.69) is 4.98 Å². The zero-order valence-electron chi connectivity index (χ0n) is 14.6. The van der Waals surface area contributed by atoms with E-state index in [0.29, 0.717) is 24.3 Å². The molecule has 0 bridgehead atoms. The minimum atomic E-state index is -0.951. The maximum Gasteiger partial charge on any atom is 0.252 e. The predicted molar refractivity (Wildman–Crippen MR) is 90.9 cm³/mol. The summed E-state index contributed by atoms with van der Waals surface area (Å²) in [7, 11) is 0. The molecule has 0 spiro atoms. The van der Waals surface area contributed by atoms with Gasteiger partial charge in [-0.3, -0.25) is 9.78 Å². The first-order valence-corrected chi connectivity index (χ1v) is 8.26. The van der Waals surface area contributed by atoms with Crippen molar-refractivity contribution in [2.45, 2.75) is 32.9 Å². The summed E-state index contributed by atoms with van der Waals surface area (Å²) in [5.41, 5.74) is 1.19. The first-order valence-electron chi connectivity index (χ1n) is 8.26. The van der Waals surface area contributed by atoms with Gasteiger partial charge in [0.2, 0.25) is 0 Å². The van der Waals surface area contributed by atoms with Gasteiger partial charge in [0.1, 0.15) is 6.10 Å². The van der Waals surface area contributed by atoms with E-state index < -0.39 is 23.8 Å². The molecule has 0 aliphatic rings. The second-order valence-electron chi connectivity index (χ2n) is 5.58. The Kier molecular flexibility index (Phi) is 6.58. The standard InChI is InChI=1S/C19H22F2N2O2/c1-4-23(19(24)13(3)25-5-2)18(15-7-6-10-22-12-15)14-8-9-16(20)17(21)11-14/h6-13,18H,4-5H2,1-3H3/t13-,18-/m0/s1.